The maximum atomic E-state index is 11.4. The van der Waals surface area contributed by atoms with Gasteiger partial charge in [-0.1, -0.05) is 0 Å². The summed E-state index contributed by atoms with van der Waals surface area (Å²) in [5.41, 5.74) is 0. The largest absolute Gasteiger partial charge is 0.459 e. The second-order valence-corrected chi connectivity index (χ2v) is 3.00. The van der Waals surface area contributed by atoms with E-state index in [1.165, 1.54) is 12.3 Å². The summed E-state index contributed by atoms with van der Waals surface area (Å²) in [7, 11) is 0. The van der Waals surface area contributed by atoms with E-state index in [0.29, 0.717) is 0 Å². The molecule has 1 aromatic heterocycles. The van der Waals surface area contributed by atoms with E-state index in [4.69, 9.17) is 4.42 Å². The van der Waals surface area contributed by atoms with Gasteiger partial charge in [0.05, 0.1) is 12.7 Å². The van der Waals surface area contributed by atoms with Gasteiger partial charge in [-0.2, -0.15) is 0 Å². The van der Waals surface area contributed by atoms with Crippen molar-refractivity contribution in [2.75, 3.05) is 0 Å². The molecule has 2 heterocycles. The third kappa shape index (κ3) is 1.88. The second kappa shape index (κ2) is 3.56. The minimum atomic E-state index is -0.907. The Morgan fingerprint density at radius 3 is 2.80 bits per heavy atom. The van der Waals surface area contributed by atoms with E-state index >= 15 is 0 Å². The summed E-state index contributed by atoms with van der Waals surface area (Å²) in [5.74, 6) is -1.83. The highest BCUT2D eigenvalue weighted by Gasteiger charge is 2.35. The van der Waals surface area contributed by atoms with Crippen molar-refractivity contribution in [2.45, 2.75) is 12.5 Å². The molecular weight excluding hydrogens is 202 g/mol. The van der Waals surface area contributed by atoms with Crippen LogP contribution in [0.3, 0.4) is 0 Å². The minimum absolute atomic E-state index is 0.0853. The number of cyclic esters (lactones) is 2. The first-order valence-electron chi connectivity index (χ1n) is 4.25. The van der Waals surface area contributed by atoms with Crippen LogP contribution in [-0.2, 0) is 14.3 Å². The van der Waals surface area contributed by atoms with Crippen molar-refractivity contribution in [1.82, 2.24) is 5.32 Å². The monoisotopic (exact) mass is 209 g/mol. The molecule has 6 nitrogen and oxygen atoms in total. The first-order valence-corrected chi connectivity index (χ1v) is 4.25. The van der Waals surface area contributed by atoms with Crippen LogP contribution in [0.25, 0.3) is 0 Å². The lowest BCUT2D eigenvalue weighted by Gasteiger charge is -2.05. The number of ether oxygens (including phenoxy) is 1. The number of furan rings is 1. The molecule has 0 unspecified atom stereocenters. The third-order valence-electron chi connectivity index (χ3n) is 1.92. The molecular formula is C9H7NO5. The van der Waals surface area contributed by atoms with Crippen LogP contribution < -0.4 is 5.32 Å². The molecule has 0 aromatic carbocycles. The van der Waals surface area contributed by atoms with Crippen molar-refractivity contribution >= 4 is 17.8 Å². The molecule has 78 valence electrons. The van der Waals surface area contributed by atoms with Gasteiger partial charge in [-0.05, 0) is 12.1 Å². The molecule has 1 aromatic rings. The number of esters is 2. The molecule has 1 aliphatic rings. The molecule has 1 fully saturated rings. The fourth-order valence-corrected chi connectivity index (χ4v) is 1.22. The summed E-state index contributed by atoms with van der Waals surface area (Å²) < 4.78 is 9.09. The Balaban J connectivity index is 2.01. The highest BCUT2D eigenvalue weighted by Crippen LogP contribution is 2.09. The van der Waals surface area contributed by atoms with Crippen molar-refractivity contribution in [3.63, 3.8) is 0 Å². The highest BCUT2D eigenvalue weighted by molar-refractivity contribution is 6.01. The first kappa shape index (κ1) is 9.45. The fourth-order valence-electron chi connectivity index (χ4n) is 1.22. The van der Waals surface area contributed by atoms with Crippen LogP contribution in [0.4, 0.5) is 0 Å². The Bertz CT molecular complexity index is 408. The van der Waals surface area contributed by atoms with Crippen molar-refractivity contribution in [3.8, 4) is 0 Å². The van der Waals surface area contributed by atoms with Crippen LogP contribution in [0.1, 0.15) is 17.0 Å². The van der Waals surface area contributed by atoms with E-state index in [-0.39, 0.29) is 12.2 Å². The van der Waals surface area contributed by atoms with Gasteiger partial charge >= 0.3 is 11.9 Å². The van der Waals surface area contributed by atoms with Crippen LogP contribution >= 0.6 is 0 Å². The molecule has 1 saturated heterocycles. The van der Waals surface area contributed by atoms with Crippen molar-refractivity contribution in [3.05, 3.63) is 24.2 Å². The molecule has 6 heteroatoms. The van der Waals surface area contributed by atoms with E-state index in [2.05, 4.69) is 10.1 Å². The summed E-state index contributed by atoms with van der Waals surface area (Å²) in [4.78, 5) is 33.1. The average Bonchev–Trinajstić information content (AvgIpc) is 2.76. The van der Waals surface area contributed by atoms with Gasteiger partial charge in [-0.3, -0.25) is 9.59 Å². The zero-order chi connectivity index (χ0) is 10.8. The van der Waals surface area contributed by atoms with E-state index in [1.54, 1.807) is 6.07 Å². The molecule has 0 radical (unpaired) electrons. The summed E-state index contributed by atoms with van der Waals surface area (Å²) in [6, 6.07) is 2.10. The Morgan fingerprint density at radius 1 is 1.47 bits per heavy atom. The van der Waals surface area contributed by atoms with Crippen LogP contribution in [0.2, 0.25) is 0 Å². The zero-order valence-corrected chi connectivity index (χ0v) is 7.56. The van der Waals surface area contributed by atoms with E-state index in [1.807, 2.05) is 0 Å². The maximum Gasteiger partial charge on any atom is 0.336 e. The predicted molar refractivity (Wildman–Crippen MR) is 45.7 cm³/mol. The van der Waals surface area contributed by atoms with Gasteiger partial charge in [-0.25, -0.2) is 4.79 Å². The number of carbonyl (C=O) groups excluding carboxylic acids is 3. The molecule has 0 spiro atoms. The van der Waals surface area contributed by atoms with Crippen molar-refractivity contribution < 1.29 is 23.5 Å². The number of rotatable bonds is 2. The Kier molecular flexibility index (Phi) is 2.24. The van der Waals surface area contributed by atoms with Gasteiger partial charge in [0, 0.05) is 0 Å². The lowest BCUT2D eigenvalue weighted by atomic mass is 10.2. The lowest BCUT2D eigenvalue weighted by molar-refractivity contribution is -0.152. The number of hydrogen-bond acceptors (Lipinski definition) is 5. The summed E-state index contributed by atoms with van der Waals surface area (Å²) in [6.07, 6.45) is 1.21. The summed E-state index contributed by atoms with van der Waals surface area (Å²) >= 11 is 0. The lowest BCUT2D eigenvalue weighted by Crippen LogP contribution is -2.37. The maximum absolute atomic E-state index is 11.4. The van der Waals surface area contributed by atoms with Gasteiger partial charge in [0.15, 0.2) is 5.76 Å². The highest BCUT2D eigenvalue weighted by atomic mass is 16.6. The SMILES string of the molecule is O=C1C[C@H](NC(=O)c2ccco2)C(=O)O1. The van der Waals surface area contributed by atoms with Crippen LogP contribution in [-0.4, -0.2) is 23.9 Å². The van der Waals surface area contributed by atoms with E-state index in [9.17, 15) is 14.4 Å². The normalized spacial score (nSPS) is 20.1. The average molecular weight is 209 g/mol. The topological polar surface area (TPSA) is 85.6 Å². The molecule has 0 bridgehead atoms. The molecule has 1 atom stereocenters. The molecule has 0 aliphatic carbocycles. The molecule has 0 saturated carbocycles. The molecule has 1 N–H and O–H groups in total. The molecule has 15 heavy (non-hydrogen) atoms. The number of hydrogen-bond donors (Lipinski definition) is 1. The first-order chi connectivity index (χ1) is 7.16. The van der Waals surface area contributed by atoms with Gasteiger partial charge < -0.3 is 14.5 Å². The summed E-state index contributed by atoms with van der Waals surface area (Å²) in [5, 5.41) is 2.33. The van der Waals surface area contributed by atoms with Crippen LogP contribution in [0.15, 0.2) is 22.8 Å². The minimum Gasteiger partial charge on any atom is -0.459 e. The Labute approximate surface area is 84.2 Å². The quantitative estimate of drug-likeness (QED) is 0.540. The standard InChI is InChI=1S/C9H7NO5/c11-7-4-5(9(13)15-7)10-8(12)6-2-1-3-14-6/h1-3,5H,4H2,(H,10,12)/t5-/m0/s1. The van der Waals surface area contributed by atoms with Crippen LogP contribution in [0.5, 0.6) is 0 Å². The van der Waals surface area contributed by atoms with E-state index < -0.39 is 23.9 Å². The smallest absolute Gasteiger partial charge is 0.336 e. The number of nitrogens with one attached hydrogen (secondary N) is 1. The van der Waals surface area contributed by atoms with Gasteiger partial charge in [0.25, 0.3) is 5.91 Å². The van der Waals surface area contributed by atoms with Crippen LogP contribution in [0, 0.1) is 0 Å². The van der Waals surface area contributed by atoms with Gasteiger partial charge in [-0.15, -0.1) is 0 Å². The molecule has 1 amide bonds. The Morgan fingerprint density at radius 2 is 2.27 bits per heavy atom. The number of carbonyl (C=O) groups is 3. The van der Waals surface area contributed by atoms with E-state index in [0.717, 1.165) is 0 Å². The predicted octanol–water partition coefficient (Wildman–Crippen LogP) is -0.149. The summed E-state index contributed by atoms with van der Waals surface area (Å²) in [6.45, 7) is 0. The van der Waals surface area contributed by atoms with Gasteiger partial charge in [0.2, 0.25) is 0 Å². The van der Waals surface area contributed by atoms with Crippen molar-refractivity contribution in [1.29, 1.82) is 0 Å². The molecule has 2 rings (SSSR count). The van der Waals surface area contributed by atoms with Crippen molar-refractivity contribution in [2.24, 2.45) is 0 Å². The third-order valence-corrected chi connectivity index (χ3v) is 1.92. The molecule has 1 aliphatic heterocycles. The number of amides is 1. The second-order valence-electron chi connectivity index (χ2n) is 3.00. The fraction of sp³-hybridized carbons (Fsp3) is 0.222. The Hall–Kier alpha value is -2.11. The zero-order valence-electron chi connectivity index (χ0n) is 7.56. The van der Waals surface area contributed by atoms with Gasteiger partial charge in [0.1, 0.15) is 6.04 Å².